The highest BCUT2D eigenvalue weighted by Gasteiger charge is 2.13. The minimum absolute atomic E-state index is 0.0852. The molecule has 7 nitrogen and oxygen atoms in total. The van der Waals surface area contributed by atoms with Crippen LogP contribution in [-0.4, -0.2) is 17.0 Å². The summed E-state index contributed by atoms with van der Waals surface area (Å²) in [5.74, 6) is 0.921. The Bertz CT molecular complexity index is 641. The lowest BCUT2D eigenvalue weighted by Crippen LogP contribution is -2.05. The largest absolute Gasteiger partial charge is 0.493 e. The second-order valence-corrected chi connectivity index (χ2v) is 4.41. The fourth-order valence-corrected chi connectivity index (χ4v) is 1.69. The second kappa shape index (κ2) is 6.19. The summed E-state index contributed by atoms with van der Waals surface area (Å²) in [6.45, 7) is 1.85. The van der Waals surface area contributed by atoms with E-state index in [2.05, 4.69) is 4.98 Å². The molecular formula is C14H15N3O4. The van der Waals surface area contributed by atoms with Crippen LogP contribution < -0.4 is 15.2 Å². The van der Waals surface area contributed by atoms with Gasteiger partial charge in [0.05, 0.1) is 18.1 Å². The summed E-state index contributed by atoms with van der Waals surface area (Å²) < 4.78 is 10.7. The molecule has 1 aromatic carbocycles. The van der Waals surface area contributed by atoms with Crippen molar-refractivity contribution in [2.24, 2.45) is 5.73 Å². The number of non-ortho nitro benzene ring substituents is 1. The molecule has 0 radical (unpaired) electrons. The van der Waals surface area contributed by atoms with E-state index < -0.39 is 4.92 Å². The fraction of sp³-hybridized carbons (Fsp3) is 0.214. The maximum atomic E-state index is 10.8. The van der Waals surface area contributed by atoms with Crippen molar-refractivity contribution in [3.8, 4) is 17.4 Å². The zero-order valence-electron chi connectivity index (χ0n) is 11.6. The van der Waals surface area contributed by atoms with Crippen LogP contribution in [0.15, 0.2) is 36.5 Å². The molecule has 0 spiro atoms. The molecule has 0 saturated heterocycles. The number of pyridine rings is 1. The number of nitro groups is 1. The SMILES string of the molecule is COc1ccc([N+](=O)[O-])cc1Oc1ccc([C@@H](C)N)cn1. The minimum atomic E-state index is -0.501. The molecule has 0 fully saturated rings. The van der Waals surface area contributed by atoms with Gasteiger partial charge in [0.1, 0.15) is 0 Å². The molecule has 110 valence electrons. The maximum Gasteiger partial charge on any atom is 0.273 e. The van der Waals surface area contributed by atoms with E-state index in [4.69, 9.17) is 15.2 Å². The van der Waals surface area contributed by atoms with Gasteiger partial charge in [0, 0.05) is 24.4 Å². The van der Waals surface area contributed by atoms with Crippen LogP contribution in [0.3, 0.4) is 0 Å². The lowest BCUT2D eigenvalue weighted by molar-refractivity contribution is -0.384. The topological polar surface area (TPSA) is 101 Å². The van der Waals surface area contributed by atoms with Crippen molar-refractivity contribution >= 4 is 5.69 Å². The van der Waals surface area contributed by atoms with Crippen molar-refractivity contribution < 1.29 is 14.4 Å². The number of benzene rings is 1. The minimum Gasteiger partial charge on any atom is -0.493 e. The predicted octanol–water partition coefficient (Wildman–Crippen LogP) is 2.81. The average molecular weight is 289 g/mol. The van der Waals surface area contributed by atoms with Crippen LogP contribution in [0.25, 0.3) is 0 Å². The number of hydrogen-bond acceptors (Lipinski definition) is 6. The van der Waals surface area contributed by atoms with Crippen LogP contribution in [0.1, 0.15) is 18.5 Å². The Morgan fingerprint density at radius 2 is 2.05 bits per heavy atom. The van der Waals surface area contributed by atoms with Crippen molar-refractivity contribution in [3.05, 3.63) is 52.2 Å². The molecule has 2 rings (SSSR count). The lowest BCUT2D eigenvalue weighted by atomic mass is 10.2. The molecule has 0 bridgehead atoms. The molecule has 1 atom stereocenters. The van der Waals surface area contributed by atoms with E-state index in [1.165, 1.54) is 25.3 Å². The maximum absolute atomic E-state index is 10.8. The van der Waals surface area contributed by atoms with Gasteiger partial charge in [-0.15, -0.1) is 0 Å². The van der Waals surface area contributed by atoms with Crippen LogP contribution >= 0.6 is 0 Å². The highest BCUT2D eigenvalue weighted by Crippen LogP contribution is 2.34. The van der Waals surface area contributed by atoms with E-state index in [9.17, 15) is 10.1 Å². The second-order valence-electron chi connectivity index (χ2n) is 4.41. The molecule has 7 heteroatoms. The fourth-order valence-electron chi connectivity index (χ4n) is 1.69. The first kappa shape index (κ1) is 14.7. The van der Waals surface area contributed by atoms with Crippen molar-refractivity contribution in [2.75, 3.05) is 7.11 Å². The van der Waals surface area contributed by atoms with Gasteiger partial charge in [-0.2, -0.15) is 0 Å². The van der Waals surface area contributed by atoms with Crippen LogP contribution in [0.4, 0.5) is 5.69 Å². The van der Waals surface area contributed by atoms with Gasteiger partial charge < -0.3 is 15.2 Å². The summed E-state index contributed by atoms with van der Waals surface area (Å²) in [4.78, 5) is 14.4. The van der Waals surface area contributed by atoms with Crippen LogP contribution in [0.2, 0.25) is 0 Å². The summed E-state index contributed by atoms with van der Waals surface area (Å²) in [5.41, 5.74) is 6.52. The van der Waals surface area contributed by atoms with E-state index in [1.54, 1.807) is 18.3 Å². The molecule has 1 aromatic heterocycles. The number of nitrogens with two attached hydrogens (primary N) is 1. The smallest absolute Gasteiger partial charge is 0.273 e. The highest BCUT2D eigenvalue weighted by atomic mass is 16.6. The number of hydrogen-bond donors (Lipinski definition) is 1. The van der Waals surface area contributed by atoms with Crippen LogP contribution in [0.5, 0.6) is 17.4 Å². The number of methoxy groups -OCH3 is 1. The third kappa shape index (κ3) is 3.46. The first-order valence-corrected chi connectivity index (χ1v) is 6.23. The molecule has 0 saturated carbocycles. The first-order chi connectivity index (χ1) is 10.0. The molecule has 21 heavy (non-hydrogen) atoms. The van der Waals surface area contributed by atoms with Gasteiger partial charge in [0.25, 0.3) is 5.69 Å². The standard InChI is InChI=1S/C14H15N3O4/c1-9(15)10-3-6-14(16-8-10)21-13-7-11(17(18)19)4-5-12(13)20-2/h3-9H,15H2,1-2H3/t9-/m1/s1. The van der Waals surface area contributed by atoms with Crippen molar-refractivity contribution in [2.45, 2.75) is 13.0 Å². The first-order valence-electron chi connectivity index (χ1n) is 6.23. The molecule has 2 aromatic rings. The van der Waals surface area contributed by atoms with Gasteiger partial charge in [-0.1, -0.05) is 6.07 Å². The number of nitro benzene ring substituents is 1. The molecule has 0 aliphatic heterocycles. The number of rotatable bonds is 5. The van der Waals surface area contributed by atoms with Crippen LogP contribution in [0, 0.1) is 10.1 Å². The molecule has 2 N–H and O–H groups in total. The molecular weight excluding hydrogens is 274 g/mol. The van der Waals surface area contributed by atoms with Gasteiger partial charge in [0.15, 0.2) is 11.5 Å². The van der Waals surface area contributed by atoms with Gasteiger partial charge in [-0.25, -0.2) is 4.98 Å². The van der Waals surface area contributed by atoms with E-state index in [0.717, 1.165) is 5.56 Å². The average Bonchev–Trinajstić information content (AvgIpc) is 2.47. The predicted molar refractivity (Wildman–Crippen MR) is 76.6 cm³/mol. The summed E-state index contributed by atoms with van der Waals surface area (Å²) in [7, 11) is 1.46. The van der Waals surface area contributed by atoms with E-state index in [0.29, 0.717) is 11.6 Å². The Hall–Kier alpha value is -2.67. The molecule has 0 aliphatic carbocycles. The summed E-state index contributed by atoms with van der Waals surface area (Å²) in [6.07, 6.45) is 1.60. The molecule has 1 heterocycles. The lowest BCUT2D eigenvalue weighted by Gasteiger charge is -2.10. The van der Waals surface area contributed by atoms with Gasteiger partial charge in [-0.3, -0.25) is 10.1 Å². The van der Waals surface area contributed by atoms with Gasteiger partial charge in [-0.05, 0) is 18.6 Å². The van der Waals surface area contributed by atoms with E-state index in [1.807, 2.05) is 6.92 Å². The van der Waals surface area contributed by atoms with Crippen molar-refractivity contribution in [1.29, 1.82) is 0 Å². The van der Waals surface area contributed by atoms with E-state index in [-0.39, 0.29) is 17.5 Å². The summed E-state index contributed by atoms with van der Waals surface area (Å²) in [5, 5.41) is 10.8. The third-order valence-electron chi connectivity index (χ3n) is 2.86. The third-order valence-corrected chi connectivity index (χ3v) is 2.86. The molecule has 0 aliphatic rings. The Balaban J connectivity index is 2.29. The Morgan fingerprint density at radius 1 is 1.29 bits per heavy atom. The normalized spacial score (nSPS) is 11.8. The zero-order chi connectivity index (χ0) is 15.4. The van der Waals surface area contributed by atoms with Crippen LogP contribution in [-0.2, 0) is 0 Å². The quantitative estimate of drug-likeness (QED) is 0.671. The Labute approximate surface area is 121 Å². The Morgan fingerprint density at radius 3 is 2.57 bits per heavy atom. The number of ether oxygens (including phenoxy) is 2. The zero-order valence-corrected chi connectivity index (χ0v) is 11.6. The summed E-state index contributed by atoms with van der Waals surface area (Å²) >= 11 is 0. The van der Waals surface area contributed by atoms with Gasteiger partial charge >= 0.3 is 0 Å². The van der Waals surface area contributed by atoms with Gasteiger partial charge in [0.2, 0.25) is 5.88 Å². The number of nitrogens with zero attached hydrogens (tertiary/aromatic N) is 2. The molecule has 0 amide bonds. The van der Waals surface area contributed by atoms with Crippen molar-refractivity contribution in [1.82, 2.24) is 4.98 Å². The van der Waals surface area contributed by atoms with E-state index >= 15 is 0 Å². The summed E-state index contributed by atoms with van der Waals surface area (Å²) in [6, 6.07) is 7.43. The molecule has 0 unspecified atom stereocenters. The monoisotopic (exact) mass is 289 g/mol. The number of aromatic nitrogens is 1. The van der Waals surface area contributed by atoms with Crippen molar-refractivity contribution in [3.63, 3.8) is 0 Å². The Kier molecular flexibility index (Phi) is 4.34. The highest BCUT2D eigenvalue weighted by molar-refractivity contribution is 5.49.